The van der Waals surface area contributed by atoms with Gasteiger partial charge in [0.1, 0.15) is 5.82 Å². The molecule has 1 aliphatic carbocycles. The summed E-state index contributed by atoms with van der Waals surface area (Å²) in [5.74, 6) is -1.43. The summed E-state index contributed by atoms with van der Waals surface area (Å²) in [7, 11) is -4.00. The zero-order valence-corrected chi connectivity index (χ0v) is 13.6. The number of nitrogens with two attached hydrogens (primary N) is 1. The Balaban J connectivity index is 2.09. The van der Waals surface area contributed by atoms with Gasteiger partial charge < -0.3 is 0 Å². The van der Waals surface area contributed by atoms with Crippen LogP contribution in [-0.4, -0.2) is 28.2 Å². The topological polar surface area (TPSA) is 104 Å². The molecule has 1 unspecified atom stereocenters. The molecule has 0 saturated heterocycles. The van der Waals surface area contributed by atoms with Crippen molar-refractivity contribution in [3.8, 4) is 5.69 Å². The molecule has 0 saturated carbocycles. The molecule has 25 heavy (non-hydrogen) atoms. The van der Waals surface area contributed by atoms with Crippen molar-refractivity contribution in [2.45, 2.75) is 36.4 Å². The van der Waals surface area contributed by atoms with Gasteiger partial charge in [0.2, 0.25) is 0 Å². The summed E-state index contributed by atoms with van der Waals surface area (Å²) in [6.07, 6.45) is 2.45. The van der Waals surface area contributed by atoms with E-state index in [1.54, 1.807) is 6.08 Å². The highest BCUT2D eigenvalue weighted by Gasteiger charge is 2.38. The van der Waals surface area contributed by atoms with Crippen molar-refractivity contribution in [1.29, 1.82) is 0 Å². The largest absolute Gasteiger partial charge is 0.453 e. The number of rotatable bonds is 3. The van der Waals surface area contributed by atoms with Crippen LogP contribution < -0.4 is 5.14 Å². The molecule has 2 N–H and O–H groups in total. The second-order valence-electron chi connectivity index (χ2n) is 5.57. The number of hydrogen-bond acceptors (Lipinski definition) is 5. The number of primary sulfonamides is 1. The molecule has 1 aliphatic rings. The fourth-order valence-electron chi connectivity index (χ4n) is 2.57. The van der Waals surface area contributed by atoms with Gasteiger partial charge in [-0.15, -0.1) is 5.10 Å². The lowest BCUT2D eigenvalue weighted by Crippen LogP contribution is -2.15. The van der Waals surface area contributed by atoms with Crippen LogP contribution >= 0.6 is 0 Å². The molecule has 0 aliphatic heterocycles. The maximum absolute atomic E-state index is 13.0. The van der Waals surface area contributed by atoms with Gasteiger partial charge in [0.25, 0.3) is 15.8 Å². The third-order valence-corrected chi connectivity index (χ3v) is 4.55. The standard InChI is InChI=1S/C14H14F3N5O2S/c15-14(16,17)13-20-12(9-4-2-1-3-5-9)22(21-13)10-6-7-11(19-8-10)25(18,23)24/h2,4,6-9H,1,3,5H2,(H2,18,23,24). The molecule has 11 heteroatoms. The van der Waals surface area contributed by atoms with Crippen molar-refractivity contribution in [1.82, 2.24) is 19.7 Å². The van der Waals surface area contributed by atoms with Crippen LogP contribution in [-0.2, 0) is 16.2 Å². The number of halogens is 3. The van der Waals surface area contributed by atoms with Gasteiger partial charge in [-0.25, -0.2) is 28.2 Å². The van der Waals surface area contributed by atoms with Gasteiger partial charge in [-0.05, 0) is 31.4 Å². The van der Waals surface area contributed by atoms with Gasteiger partial charge >= 0.3 is 6.18 Å². The van der Waals surface area contributed by atoms with Gasteiger partial charge in [0.15, 0.2) is 5.03 Å². The molecule has 1 atom stereocenters. The highest BCUT2D eigenvalue weighted by molar-refractivity contribution is 7.89. The summed E-state index contributed by atoms with van der Waals surface area (Å²) >= 11 is 0. The molecule has 2 heterocycles. The number of allylic oxidation sites excluding steroid dienone is 2. The van der Waals surface area contributed by atoms with Crippen molar-refractivity contribution in [2.24, 2.45) is 5.14 Å². The SMILES string of the molecule is NS(=O)(=O)c1ccc(-n2nc(C(F)(F)F)nc2C2C=CCCC2)cn1. The summed E-state index contributed by atoms with van der Waals surface area (Å²) in [5.41, 5.74) is 0.171. The number of sulfonamides is 1. The molecular formula is C14H14F3N5O2S. The zero-order chi connectivity index (χ0) is 18.2. The lowest BCUT2D eigenvalue weighted by atomic mass is 9.95. The molecule has 2 aromatic rings. The Labute approximate surface area is 141 Å². The first-order chi connectivity index (χ1) is 11.7. The third-order valence-electron chi connectivity index (χ3n) is 3.73. The number of alkyl halides is 3. The second-order valence-corrected chi connectivity index (χ2v) is 7.08. The van der Waals surface area contributed by atoms with Crippen LogP contribution in [0, 0.1) is 0 Å². The molecule has 0 spiro atoms. The van der Waals surface area contributed by atoms with Gasteiger partial charge in [-0.2, -0.15) is 13.2 Å². The smallest absolute Gasteiger partial charge is 0.241 e. The van der Waals surface area contributed by atoms with Gasteiger partial charge in [-0.1, -0.05) is 12.2 Å². The average Bonchev–Trinajstić information content (AvgIpc) is 3.00. The molecule has 2 aromatic heterocycles. The van der Waals surface area contributed by atoms with E-state index in [1.807, 2.05) is 6.08 Å². The molecule has 0 aromatic carbocycles. The fraction of sp³-hybridized carbons (Fsp3) is 0.357. The Morgan fingerprint density at radius 2 is 2.04 bits per heavy atom. The molecular weight excluding hydrogens is 359 g/mol. The molecule has 0 amide bonds. The molecule has 3 rings (SSSR count). The predicted octanol–water partition coefficient (Wildman–Crippen LogP) is 2.15. The lowest BCUT2D eigenvalue weighted by molar-refractivity contribution is -0.144. The predicted molar refractivity (Wildman–Crippen MR) is 81.3 cm³/mol. The van der Waals surface area contributed by atoms with Gasteiger partial charge in [0, 0.05) is 5.92 Å². The van der Waals surface area contributed by atoms with Crippen molar-refractivity contribution in [3.05, 3.63) is 42.1 Å². The fourth-order valence-corrected chi connectivity index (χ4v) is 3.03. The molecule has 0 fully saturated rings. The molecule has 7 nitrogen and oxygen atoms in total. The second kappa shape index (κ2) is 6.23. The summed E-state index contributed by atoms with van der Waals surface area (Å²) in [6, 6.07) is 2.40. The van der Waals surface area contributed by atoms with E-state index in [9.17, 15) is 21.6 Å². The van der Waals surface area contributed by atoms with E-state index in [-0.39, 0.29) is 22.5 Å². The van der Waals surface area contributed by atoms with Crippen molar-refractivity contribution < 1.29 is 21.6 Å². The Morgan fingerprint density at radius 1 is 1.28 bits per heavy atom. The van der Waals surface area contributed by atoms with E-state index < -0.39 is 22.0 Å². The first kappa shape index (κ1) is 17.5. The van der Waals surface area contributed by atoms with Crippen LogP contribution in [0.15, 0.2) is 35.5 Å². The van der Waals surface area contributed by atoms with E-state index in [2.05, 4.69) is 15.1 Å². The Kier molecular flexibility index (Phi) is 4.37. The lowest BCUT2D eigenvalue weighted by Gasteiger charge is -2.16. The average molecular weight is 373 g/mol. The van der Waals surface area contributed by atoms with Crippen molar-refractivity contribution in [2.75, 3.05) is 0 Å². The monoisotopic (exact) mass is 373 g/mol. The first-order valence-electron chi connectivity index (χ1n) is 7.36. The minimum absolute atomic E-state index is 0.133. The number of pyridine rings is 1. The minimum Gasteiger partial charge on any atom is -0.241 e. The number of aromatic nitrogens is 4. The van der Waals surface area contributed by atoms with E-state index in [0.717, 1.165) is 29.8 Å². The zero-order valence-electron chi connectivity index (χ0n) is 12.8. The van der Waals surface area contributed by atoms with Crippen LogP contribution in [0.4, 0.5) is 13.2 Å². The van der Waals surface area contributed by atoms with E-state index in [1.165, 1.54) is 6.07 Å². The maximum atomic E-state index is 13.0. The summed E-state index contributed by atoms with van der Waals surface area (Å²) in [4.78, 5) is 7.34. The van der Waals surface area contributed by atoms with Crippen LogP contribution in [0.25, 0.3) is 5.69 Å². The van der Waals surface area contributed by atoms with Crippen LogP contribution in [0.3, 0.4) is 0 Å². The molecule has 134 valence electrons. The van der Waals surface area contributed by atoms with Crippen LogP contribution in [0.2, 0.25) is 0 Å². The third kappa shape index (κ3) is 3.71. The summed E-state index contributed by atoms with van der Waals surface area (Å²) in [5, 5.41) is 8.13. The van der Waals surface area contributed by atoms with Crippen LogP contribution in [0.5, 0.6) is 0 Å². The molecule has 0 radical (unpaired) electrons. The normalized spacial score (nSPS) is 18.5. The first-order valence-corrected chi connectivity index (χ1v) is 8.91. The number of hydrogen-bond donors (Lipinski definition) is 1. The van der Waals surface area contributed by atoms with Crippen LogP contribution in [0.1, 0.15) is 36.8 Å². The Bertz CT molecular complexity index is 904. The summed E-state index contributed by atoms with van der Waals surface area (Å²) < 4.78 is 62.6. The van der Waals surface area contributed by atoms with Gasteiger partial charge in [-0.3, -0.25) is 0 Å². The Hall–Kier alpha value is -2.27. The highest BCUT2D eigenvalue weighted by atomic mass is 32.2. The summed E-state index contributed by atoms with van der Waals surface area (Å²) in [6.45, 7) is 0. The quantitative estimate of drug-likeness (QED) is 0.831. The molecule has 0 bridgehead atoms. The maximum Gasteiger partial charge on any atom is 0.453 e. The minimum atomic E-state index is -4.69. The van der Waals surface area contributed by atoms with E-state index >= 15 is 0 Å². The Morgan fingerprint density at radius 3 is 2.56 bits per heavy atom. The van der Waals surface area contributed by atoms with Gasteiger partial charge in [0.05, 0.1) is 11.9 Å². The van der Waals surface area contributed by atoms with Crippen molar-refractivity contribution in [3.63, 3.8) is 0 Å². The highest BCUT2D eigenvalue weighted by Crippen LogP contribution is 2.32. The van der Waals surface area contributed by atoms with Crippen molar-refractivity contribution >= 4 is 10.0 Å². The number of nitrogens with zero attached hydrogens (tertiary/aromatic N) is 4. The van der Waals surface area contributed by atoms with E-state index in [0.29, 0.717) is 6.42 Å². The van der Waals surface area contributed by atoms with E-state index in [4.69, 9.17) is 5.14 Å².